The number of nitrogens with zero attached hydrogens (tertiary/aromatic N) is 1. The first-order chi connectivity index (χ1) is 8.29. The van der Waals surface area contributed by atoms with Crippen molar-refractivity contribution in [1.29, 1.82) is 0 Å². The molecule has 0 N–H and O–H groups in total. The number of hydrogen-bond acceptors (Lipinski definition) is 3. The second kappa shape index (κ2) is 5.53. The highest BCUT2D eigenvalue weighted by molar-refractivity contribution is 5.17. The molecule has 0 saturated carbocycles. The van der Waals surface area contributed by atoms with Crippen LogP contribution in [0.4, 0.5) is 0 Å². The zero-order valence-electron chi connectivity index (χ0n) is 10.3. The van der Waals surface area contributed by atoms with E-state index in [2.05, 4.69) is 17.1 Å². The van der Waals surface area contributed by atoms with Crippen molar-refractivity contribution in [3.8, 4) is 5.95 Å². The molecule has 0 fully saturated rings. The molecule has 0 saturated heterocycles. The van der Waals surface area contributed by atoms with Gasteiger partial charge in [0.2, 0.25) is 0 Å². The smallest absolute Gasteiger partial charge is 0.308 e. The normalized spacial score (nSPS) is 10.5. The van der Waals surface area contributed by atoms with Crippen molar-refractivity contribution in [3.63, 3.8) is 0 Å². The first kappa shape index (κ1) is 11.7. The Hall–Kier alpha value is -1.77. The molecule has 1 aromatic heterocycles. The van der Waals surface area contributed by atoms with Crippen LogP contribution < -0.4 is 4.74 Å². The van der Waals surface area contributed by atoms with Crippen LogP contribution in [0.5, 0.6) is 5.95 Å². The number of ether oxygens (including phenoxy) is 1. The number of benzene rings is 1. The molecule has 1 aromatic carbocycles. The zero-order chi connectivity index (χ0) is 12.1. The molecule has 3 heteroatoms. The monoisotopic (exact) mass is 231 g/mol. The maximum Gasteiger partial charge on any atom is 0.308 e. The van der Waals surface area contributed by atoms with Crippen molar-refractivity contribution < 1.29 is 9.15 Å². The molecule has 0 radical (unpaired) electrons. The molecule has 2 aromatic rings. The molecule has 0 atom stereocenters. The lowest BCUT2D eigenvalue weighted by molar-refractivity contribution is 0.248. The van der Waals surface area contributed by atoms with E-state index in [0.717, 1.165) is 24.4 Å². The van der Waals surface area contributed by atoms with Crippen LogP contribution in [0.15, 0.2) is 34.7 Å². The third kappa shape index (κ3) is 3.09. The molecule has 0 spiro atoms. The predicted molar refractivity (Wildman–Crippen MR) is 66.3 cm³/mol. The summed E-state index contributed by atoms with van der Waals surface area (Å²) < 4.78 is 10.9. The fourth-order valence-electron chi connectivity index (χ4n) is 1.70. The topological polar surface area (TPSA) is 35.3 Å². The number of rotatable bonds is 5. The van der Waals surface area contributed by atoms with Crippen molar-refractivity contribution in [3.05, 3.63) is 47.5 Å². The highest BCUT2D eigenvalue weighted by Gasteiger charge is 2.09. The van der Waals surface area contributed by atoms with Crippen molar-refractivity contribution in [2.75, 3.05) is 6.61 Å². The number of hydrogen-bond donors (Lipinski definition) is 0. The Labute approximate surface area is 101 Å². The molecule has 1 heterocycles. The van der Waals surface area contributed by atoms with Crippen molar-refractivity contribution >= 4 is 0 Å². The molecule has 0 amide bonds. The van der Waals surface area contributed by atoms with E-state index < -0.39 is 0 Å². The van der Waals surface area contributed by atoms with Crippen molar-refractivity contribution in [1.82, 2.24) is 4.98 Å². The molecule has 0 bridgehead atoms. The lowest BCUT2D eigenvalue weighted by Crippen LogP contribution is -1.91. The van der Waals surface area contributed by atoms with E-state index in [9.17, 15) is 0 Å². The Morgan fingerprint density at radius 3 is 2.65 bits per heavy atom. The third-order valence-electron chi connectivity index (χ3n) is 2.54. The van der Waals surface area contributed by atoms with E-state index in [0.29, 0.717) is 12.6 Å². The zero-order valence-corrected chi connectivity index (χ0v) is 10.3. The van der Waals surface area contributed by atoms with Gasteiger partial charge in [-0.05, 0) is 25.8 Å². The van der Waals surface area contributed by atoms with Gasteiger partial charge in [0.15, 0.2) is 5.89 Å². The van der Waals surface area contributed by atoms with Crippen LogP contribution in [0.1, 0.15) is 24.1 Å². The van der Waals surface area contributed by atoms with Gasteiger partial charge in [-0.25, -0.2) is 4.98 Å². The predicted octanol–water partition coefficient (Wildman–Crippen LogP) is 3.17. The van der Waals surface area contributed by atoms with Gasteiger partial charge in [-0.15, -0.1) is 0 Å². The van der Waals surface area contributed by atoms with Crippen molar-refractivity contribution in [2.45, 2.75) is 26.7 Å². The molecule has 0 aliphatic heterocycles. The van der Waals surface area contributed by atoms with Gasteiger partial charge >= 0.3 is 5.95 Å². The molecule has 17 heavy (non-hydrogen) atoms. The number of aryl methyl sites for hydroxylation is 3. The van der Waals surface area contributed by atoms with Gasteiger partial charge in [-0.3, -0.25) is 0 Å². The minimum atomic E-state index is 0.551. The molecular weight excluding hydrogens is 214 g/mol. The van der Waals surface area contributed by atoms with Gasteiger partial charge < -0.3 is 9.15 Å². The first-order valence-corrected chi connectivity index (χ1v) is 5.92. The summed E-state index contributed by atoms with van der Waals surface area (Å²) in [6.07, 6.45) is 1.74. The molecular formula is C14H17NO2. The highest BCUT2D eigenvalue weighted by Crippen LogP contribution is 2.20. The lowest BCUT2D eigenvalue weighted by Gasteiger charge is -1.98. The van der Waals surface area contributed by atoms with Crippen LogP contribution in [0.25, 0.3) is 0 Å². The van der Waals surface area contributed by atoms with Gasteiger partial charge in [-0.2, -0.15) is 0 Å². The molecule has 3 nitrogen and oxygen atoms in total. The van der Waals surface area contributed by atoms with Gasteiger partial charge in [0, 0.05) is 6.42 Å². The maximum atomic E-state index is 5.54. The summed E-state index contributed by atoms with van der Waals surface area (Å²) in [6.45, 7) is 4.44. The molecule has 0 aliphatic carbocycles. The second-order valence-electron chi connectivity index (χ2n) is 3.90. The largest absolute Gasteiger partial charge is 0.464 e. The molecule has 2 rings (SSSR count). The van der Waals surface area contributed by atoms with Crippen LogP contribution in [0.2, 0.25) is 0 Å². The van der Waals surface area contributed by atoms with Gasteiger partial charge in [-0.1, -0.05) is 30.3 Å². The van der Waals surface area contributed by atoms with E-state index in [-0.39, 0.29) is 0 Å². The summed E-state index contributed by atoms with van der Waals surface area (Å²) >= 11 is 0. The van der Waals surface area contributed by atoms with E-state index in [4.69, 9.17) is 9.15 Å². The third-order valence-corrected chi connectivity index (χ3v) is 2.54. The Bertz CT molecular complexity index is 462. The van der Waals surface area contributed by atoms with E-state index in [1.165, 1.54) is 5.56 Å². The van der Waals surface area contributed by atoms with E-state index >= 15 is 0 Å². The van der Waals surface area contributed by atoms with Crippen LogP contribution in [-0.2, 0) is 12.8 Å². The fourth-order valence-corrected chi connectivity index (χ4v) is 1.70. The summed E-state index contributed by atoms with van der Waals surface area (Å²) in [4.78, 5) is 4.35. The highest BCUT2D eigenvalue weighted by atomic mass is 16.6. The summed E-state index contributed by atoms with van der Waals surface area (Å²) in [5.74, 6) is 1.30. The standard InChI is InChI=1S/C14H17NO2/c1-3-16-14-11(2)15-13(17-14)10-9-12-7-5-4-6-8-12/h4-8H,3,9-10H2,1-2H3. The fraction of sp³-hybridized carbons (Fsp3) is 0.357. The van der Waals surface area contributed by atoms with Crippen LogP contribution in [0, 0.1) is 6.92 Å². The minimum absolute atomic E-state index is 0.551. The Morgan fingerprint density at radius 1 is 1.18 bits per heavy atom. The summed E-state index contributed by atoms with van der Waals surface area (Å²) in [7, 11) is 0. The average molecular weight is 231 g/mol. The minimum Gasteiger partial charge on any atom is -0.464 e. The first-order valence-electron chi connectivity index (χ1n) is 5.92. The maximum absolute atomic E-state index is 5.54. The quantitative estimate of drug-likeness (QED) is 0.792. The van der Waals surface area contributed by atoms with Gasteiger partial charge in [0.1, 0.15) is 5.69 Å². The molecule has 0 aliphatic rings. The van der Waals surface area contributed by atoms with Crippen molar-refractivity contribution in [2.24, 2.45) is 0 Å². The second-order valence-corrected chi connectivity index (χ2v) is 3.90. The van der Waals surface area contributed by atoms with Crippen LogP contribution in [-0.4, -0.2) is 11.6 Å². The van der Waals surface area contributed by atoms with Gasteiger partial charge in [0.05, 0.1) is 6.61 Å². The van der Waals surface area contributed by atoms with Crippen LogP contribution in [0.3, 0.4) is 0 Å². The van der Waals surface area contributed by atoms with Crippen LogP contribution >= 0.6 is 0 Å². The summed E-state index contributed by atoms with van der Waals surface area (Å²) in [5, 5.41) is 0. The lowest BCUT2D eigenvalue weighted by atomic mass is 10.1. The van der Waals surface area contributed by atoms with Gasteiger partial charge in [0.25, 0.3) is 0 Å². The number of aromatic nitrogens is 1. The Morgan fingerprint density at radius 2 is 1.94 bits per heavy atom. The molecule has 90 valence electrons. The Kier molecular flexibility index (Phi) is 3.81. The SMILES string of the molecule is CCOc1oc(CCc2ccccc2)nc1C. The Balaban J connectivity index is 1.97. The number of oxazole rings is 1. The molecule has 0 unspecified atom stereocenters. The average Bonchev–Trinajstić information content (AvgIpc) is 2.70. The van der Waals surface area contributed by atoms with E-state index in [1.54, 1.807) is 0 Å². The summed E-state index contributed by atoms with van der Waals surface area (Å²) in [6, 6.07) is 10.3. The summed E-state index contributed by atoms with van der Waals surface area (Å²) in [5.41, 5.74) is 2.12. The van der Waals surface area contributed by atoms with E-state index in [1.807, 2.05) is 32.0 Å².